The molecule has 2 aliphatic heterocycles. The molecule has 3 aromatic rings. The van der Waals surface area contributed by atoms with Crippen LogP contribution in [0.2, 0.25) is 0 Å². The average Bonchev–Trinajstić information content (AvgIpc) is 3.15. The number of aliphatic hydroxyl groups excluding tert-OH is 1. The molecule has 12 heteroatoms. The van der Waals surface area contributed by atoms with Crippen LogP contribution in [0.5, 0.6) is 5.75 Å². The summed E-state index contributed by atoms with van der Waals surface area (Å²) in [4.78, 5) is 42.3. The van der Waals surface area contributed by atoms with E-state index in [1.807, 2.05) is 38.1 Å². The molecular weight excluding hydrogens is 556 g/mol. The number of aliphatic hydroxyl groups is 1. The summed E-state index contributed by atoms with van der Waals surface area (Å²) in [5.41, 5.74) is 0.114. The van der Waals surface area contributed by atoms with E-state index in [-0.39, 0.29) is 29.3 Å². The van der Waals surface area contributed by atoms with Gasteiger partial charge in [0.1, 0.15) is 11.5 Å². The van der Waals surface area contributed by atoms with Gasteiger partial charge >= 0.3 is 11.9 Å². The van der Waals surface area contributed by atoms with Gasteiger partial charge in [0.15, 0.2) is 0 Å². The van der Waals surface area contributed by atoms with Gasteiger partial charge in [-0.1, -0.05) is 18.2 Å². The fourth-order valence-electron chi connectivity index (χ4n) is 5.01. The number of anilines is 1. The number of nitro groups is 1. The van der Waals surface area contributed by atoms with Crippen LogP contribution in [-0.4, -0.2) is 34.3 Å². The van der Waals surface area contributed by atoms with Crippen LogP contribution in [0.1, 0.15) is 49.2 Å². The second kappa shape index (κ2) is 11.0. The first-order valence-electron chi connectivity index (χ1n) is 13.4. The van der Waals surface area contributed by atoms with Gasteiger partial charge in [-0.25, -0.2) is 9.59 Å². The third kappa shape index (κ3) is 5.07. The van der Waals surface area contributed by atoms with Crippen LogP contribution in [0.25, 0.3) is 6.08 Å². The summed E-state index contributed by atoms with van der Waals surface area (Å²) >= 11 is 0. The molecule has 3 aromatic carbocycles. The fraction of sp³-hybridized carbons (Fsp3) is 0.226. The van der Waals surface area contributed by atoms with Crippen molar-refractivity contribution < 1.29 is 33.9 Å². The van der Waals surface area contributed by atoms with E-state index in [2.05, 4.69) is 10.2 Å². The third-order valence-electron chi connectivity index (χ3n) is 7.31. The summed E-state index contributed by atoms with van der Waals surface area (Å²) in [5, 5.41) is 30.2. The van der Waals surface area contributed by atoms with Crippen molar-refractivity contribution in [1.29, 1.82) is 0 Å². The van der Waals surface area contributed by atoms with Gasteiger partial charge in [-0.15, -0.1) is 5.11 Å². The Bertz CT molecular complexity index is 1710. The lowest BCUT2D eigenvalue weighted by Gasteiger charge is -2.45. The number of carbonyl (C=O) groups is 2. The smallest absolute Gasteiger partial charge is 0.363 e. The maximum absolute atomic E-state index is 13.5. The molecule has 0 bridgehead atoms. The second-order valence-electron chi connectivity index (χ2n) is 10.3. The van der Waals surface area contributed by atoms with E-state index in [1.54, 1.807) is 19.1 Å². The number of carbonyl (C=O) groups excluding carboxylic acids is 2. The number of fused-ring (bicyclic) bond motifs is 2. The molecule has 220 valence electrons. The molecule has 5 rings (SSSR count). The number of azo groups is 1. The van der Waals surface area contributed by atoms with E-state index in [0.29, 0.717) is 22.7 Å². The molecule has 1 atom stereocenters. The Hall–Kier alpha value is -5.52. The molecule has 12 nitrogen and oxygen atoms in total. The van der Waals surface area contributed by atoms with E-state index in [4.69, 9.17) is 14.3 Å². The van der Waals surface area contributed by atoms with Crippen molar-refractivity contribution in [2.24, 2.45) is 10.2 Å². The normalized spacial score (nSPS) is 18.5. The number of allylic oxidation sites excluding steroid dienone is 1. The van der Waals surface area contributed by atoms with Crippen molar-refractivity contribution in [1.82, 2.24) is 0 Å². The molecule has 0 amide bonds. The predicted octanol–water partition coefficient (Wildman–Crippen LogP) is 6.70. The number of hydroxylamine groups is 1. The Morgan fingerprint density at radius 1 is 1.09 bits per heavy atom. The zero-order valence-electron chi connectivity index (χ0n) is 23.8. The molecular formula is C31H28N4O8. The van der Waals surface area contributed by atoms with E-state index in [1.165, 1.54) is 54.5 Å². The third-order valence-corrected chi connectivity index (χ3v) is 7.31. The molecule has 2 heterocycles. The molecule has 0 fully saturated rings. The van der Waals surface area contributed by atoms with E-state index < -0.39 is 28.0 Å². The first-order valence-corrected chi connectivity index (χ1v) is 13.4. The lowest BCUT2D eigenvalue weighted by molar-refractivity contribution is -0.384. The minimum Gasteiger partial charge on any atom is -0.510 e. The SMILES string of the molecule is CCOC(=O)/C(N=Nc1ccc(C(=O)ON2c3ccccc3C(C)(C)C23C=Cc2cc([N+](=O)[O-])ccc2O3)cc1)=C(/C)O. The molecule has 2 aliphatic rings. The minimum absolute atomic E-state index is 0.0668. The summed E-state index contributed by atoms with van der Waals surface area (Å²) in [7, 11) is 0. The standard InChI is InChI=1S/C31H28N4O8/c1-5-41-29(38)27(19(2)36)33-32-22-12-10-20(11-13-22)28(37)43-34-25-9-7-6-8-24(25)30(3,4)31(34)17-16-21-18-23(35(39)40)14-15-26(21)42-31/h6-18,36H,5H2,1-4H3/b27-19+,33-32?. The summed E-state index contributed by atoms with van der Waals surface area (Å²) in [5.74, 6) is -1.43. The highest BCUT2D eigenvalue weighted by Gasteiger charge is 2.61. The number of nitrogens with zero attached hydrogens (tertiary/aromatic N) is 4. The van der Waals surface area contributed by atoms with Gasteiger partial charge in [-0.3, -0.25) is 10.1 Å². The van der Waals surface area contributed by atoms with Crippen LogP contribution in [0.3, 0.4) is 0 Å². The number of benzene rings is 3. The molecule has 43 heavy (non-hydrogen) atoms. The number of non-ortho nitro benzene ring substituents is 1. The van der Waals surface area contributed by atoms with Crippen molar-refractivity contribution in [3.63, 3.8) is 0 Å². The highest BCUT2D eigenvalue weighted by Crippen LogP contribution is 2.55. The van der Waals surface area contributed by atoms with Gasteiger partial charge in [-0.05, 0) is 81.8 Å². The van der Waals surface area contributed by atoms with Gasteiger partial charge < -0.3 is 19.4 Å². The monoisotopic (exact) mass is 584 g/mol. The lowest BCUT2D eigenvalue weighted by Crippen LogP contribution is -2.59. The number of hydrogen-bond acceptors (Lipinski definition) is 11. The maximum atomic E-state index is 13.5. The first kappa shape index (κ1) is 29.0. The summed E-state index contributed by atoms with van der Waals surface area (Å²) < 4.78 is 11.4. The predicted molar refractivity (Wildman–Crippen MR) is 156 cm³/mol. The van der Waals surface area contributed by atoms with Crippen LogP contribution >= 0.6 is 0 Å². The number of nitro benzene ring substituents is 1. The molecule has 0 radical (unpaired) electrons. The van der Waals surface area contributed by atoms with Gasteiger partial charge in [0.25, 0.3) is 5.69 Å². The van der Waals surface area contributed by atoms with Crippen LogP contribution in [0.15, 0.2) is 94.5 Å². The van der Waals surface area contributed by atoms with Crippen LogP contribution in [-0.2, 0) is 19.8 Å². The highest BCUT2D eigenvalue weighted by atomic mass is 16.7. The largest absolute Gasteiger partial charge is 0.510 e. The summed E-state index contributed by atoms with van der Waals surface area (Å²) in [6.07, 6.45) is 3.47. The van der Waals surface area contributed by atoms with Gasteiger partial charge in [0.05, 0.1) is 33.9 Å². The van der Waals surface area contributed by atoms with Gasteiger partial charge in [0.2, 0.25) is 11.4 Å². The number of rotatable bonds is 7. The van der Waals surface area contributed by atoms with Crippen molar-refractivity contribution in [3.8, 4) is 5.75 Å². The Morgan fingerprint density at radius 2 is 1.81 bits per heavy atom. The van der Waals surface area contributed by atoms with E-state index in [9.17, 15) is 24.8 Å². The minimum atomic E-state index is -1.30. The molecule has 0 aromatic heterocycles. The number of para-hydroxylation sites is 1. The highest BCUT2D eigenvalue weighted by molar-refractivity contribution is 5.91. The second-order valence-corrected chi connectivity index (χ2v) is 10.3. The Balaban J connectivity index is 1.44. The van der Waals surface area contributed by atoms with Crippen molar-refractivity contribution in [2.75, 3.05) is 11.7 Å². The molecule has 1 unspecified atom stereocenters. The Morgan fingerprint density at radius 3 is 2.49 bits per heavy atom. The van der Waals surface area contributed by atoms with Gasteiger partial charge in [0, 0.05) is 17.7 Å². The Labute approximate surface area is 246 Å². The maximum Gasteiger partial charge on any atom is 0.363 e. The molecule has 1 spiro atoms. The topological polar surface area (TPSA) is 153 Å². The van der Waals surface area contributed by atoms with Crippen LogP contribution in [0, 0.1) is 10.1 Å². The average molecular weight is 585 g/mol. The number of ether oxygens (including phenoxy) is 2. The zero-order valence-corrected chi connectivity index (χ0v) is 23.8. The van der Waals surface area contributed by atoms with Gasteiger partial charge in [-0.2, -0.15) is 10.2 Å². The first-order chi connectivity index (χ1) is 20.5. The fourth-order valence-corrected chi connectivity index (χ4v) is 5.01. The number of hydrogen-bond donors (Lipinski definition) is 1. The zero-order chi connectivity index (χ0) is 30.9. The summed E-state index contributed by atoms with van der Waals surface area (Å²) in [6, 6.07) is 17.8. The molecule has 1 N–H and O–H groups in total. The van der Waals surface area contributed by atoms with Crippen molar-refractivity contribution in [3.05, 3.63) is 111 Å². The molecule has 0 saturated carbocycles. The molecule has 0 aliphatic carbocycles. The van der Waals surface area contributed by atoms with E-state index in [0.717, 1.165) is 5.56 Å². The van der Waals surface area contributed by atoms with Crippen molar-refractivity contribution >= 4 is 35.1 Å². The van der Waals surface area contributed by atoms with Crippen LogP contribution < -0.4 is 9.80 Å². The quantitative estimate of drug-likeness (QED) is 0.0797. The summed E-state index contributed by atoms with van der Waals surface area (Å²) in [6.45, 7) is 6.96. The van der Waals surface area contributed by atoms with Crippen LogP contribution in [0.4, 0.5) is 17.1 Å². The lowest BCUT2D eigenvalue weighted by atomic mass is 9.76. The number of esters is 1. The van der Waals surface area contributed by atoms with Crippen molar-refractivity contribution in [2.45, 2.75) is 38.8 Å². The molecule has 0 saturated heterocycles. The van der Waals surface area contributed by atoms with E-state index >= 15 is 0 Å². The Kier molecular flexibility index (Phi) is 7.45.